The molecule has 4 rings (SSSR count). The summed E-state index contributed by atoms with van der Waals surface area (Å²) < 4.78 is 1.79. The fraction of sp³-hybridized carbons (Fsp3) is 0.280. The van der Waals surface area contributed by atoms with Gasteiger partial charge in [-0.15, -0.1) is 0 Å². The van der Waals surface area contributed by atoms with Gasteiger partial charge in [0.15, 0.2) is 0 Å². The summed E-state index contributed by atoms with van der Waals surface area (Å²) in [5.74, 6) is -0.241. The van der Waals surface area contributed by atoms with Crippen molar-refractivity contribution in [1.82, 2.24) is 29.8 Å². The average Bonchev–Trinajstić information content (AvgIpc) is 3.42. The van der Waals surface area contributed by atoms with Crippen molar-refractivity contribution in [3.8, 4) is 0 Å². The number of nitrogens with one attached hydrogen (secondary N) is 1. The molecular weight excluding hydrogens is 416 g/mol. The molecular formula is C25H28N6O2. The van der Waals surface area contributed by atoms with E-state index in [9.17, 15) is 9.59 Å². The van der Waals surface area contributed by atoms with Crippen LogP contribution in [-0.2, 0) is 20.5 Å². The largest absolute Gasteiger partial charge is 0.351 e. The molecule has 2 aromatic heterocycles. The van der Waals surface area contributed by atoms with Gasteiger partial charge in [-0.2, -0.15) is 15.0 Å². The summed E-state index contributed by atoms with van der Waals surface area (Å²) in [6.45, 7) is 0.453. The number of amides is 2. The highest BCUT2D eigenvalue weighted by Gasteiger charge is 2.24. The van der Waals surface area contributed by atoms with Crippen LogP contribution in [0.2, 0.25) is 0 Å². The van der Waals surface area contributed by atoms with E-state index in [0.717, 1.165) is 5.56 Å². The number of carbonyl (C=O) groups is 2. The Kier molecular flexibility index (Phi) is 6.53. The van der Waals surface area contributed by atoms with Crippen molar-refractivity contribution in [3.05, 3.63) is 83.7 Å². The molecule has 170 valence electrons. The van der Waals surface area contributed by atoms with Crippen LogP contribution in [-0.4, -0.2) is 55.9 Å². The minimum Gasteiger partial charge on any atom is -0.351 e. The van der Waals surface area contributed by atoms with E-state index in [1.165, 1.54) is 4.80 Å². The highest BCUT2D eigenvalue weighted by Crippen LogP contribution is 2.19. The molecule has 0 aliphatic carbocycles. The second-order valence-corrected chi connectivity index (χ2v) is 8.17. The fourth-order valence-electron chi connectivity index (χ4n) is 4.03. The third kappa shape index (κ3) is 4.95. The molecule has 8 nitrogen and oxygen atoms in total. The maximum Gasteiger partial charge on any atom is 0.267 e. The number of rotatable bonds is 8. The summed E-state index contributed by atoms with van der Waals surface area (Å²) in [7, 11) is 5.39. The quantitative estimate of drug-likeness (QED) is 0.453. The van der Waals surface area contributed by atoms with Gasteiger partial charge in [0.25, 0.3) is 11.8 Å². The Morgan fingerprint density at radius 1 is 1.00 bits per heavy atom. The van der Waals surface area contributed by atoms with Crippen molar-refractivity contribution in [2.24, 2.45) is 14.1 Å². The van der Waals surface area contributed by atoms with Gasteiger partial charge in [0.2, 0.25) is 0 Å². The lowest BCUT2D eigenvalue weighted by molar-refractivity contribution is 0.0724. The van der Waals surface area contributed by atoms with Crippen molar-refractivity contribution < 1.29 is 9.59 Å². The Bertz CT molecular complexity index is 1260. The van der Waals surface area contributed by atoms with Crippen LogP contribution in [0.3, 0.4) is 0 Å². The topological polar surface area (TPSA) is 85.1 Å². The van der Waals surface area contributed by atoms with Crippen LogP contribution in [0, 0.1) is 0 Å². The SMILES string of the molecule is CN(C(=O)c1cccc2nn(C)nc12)[C@H](CCNC(=O)c1cccn1C)Cc1ccccc1. The predicted molar refractivity (Wildman–Crippen MR) is 127 cm³/mol. The van der Waals surface area contributed by atoms with Crippen LogP contribution < -0.4 is 5.32 Å². The fourth-order valence-corrected chi connectivity index (χ4v) is 4.03. The first-order chi connectivity index (χ1) is 15.9. The molecule has 2 heterocycles. The Hall–Kier alpha value is -3.94. The van der Waals surface area contributed by atoms with E-state index in [1.54, 1.807) is 28.6 Å². The van der Waals surface area contributed by atoms with E-state index >= 15 is 0 Å². The highest BCUT2D eigenvalue weighted by molar-refractivity contribution is 6.04. The average molecular weight is 445 g/mol. The lowest BCUT2D eigenvalue weighted by atomic mass is 10.0. The second kappa shape index (κ2) is 9.68. The third-order valence-electron chi connectivity index (χ3n) is 5.86. The lowest BCUT2D eigenvalue weighted by Crippen LogP contribution is -2.41. The number of hydrogen-bond donors (Lipinski definition) is 1. The van der Waals surface area contributed by atoms with Crippen molar-refractivity contribution in [1.29, 1.82) is 0 Å². The molecule has 1 N–H and O–H groups in total. The van der Waals surface area contributed by atoms with Gasteiger partial charge in [0.05, 0.1) is 5.56 Å². The monoisotopic (exact) mass is 444 g/mol. The molecule has 0 aliphatic rings. The molecule has 4 aromatic rings. The molecule has 2 amide bonds. The van der Waals surface area contributed by atoms with E-state index in [0.29, 0.717) is 41.7 Å². The Morgan fingerprint density at radius 2 is 1.79 bits per heavy atom. The summed E-state index contributed by atoms with van der Waals surface area (Å²) in [5.41, 5.74) is 3.54. The van der Waals surface area contributed by atoms with E-state index in [1.807, 2.05) is 56.7 Å². The highest BCUT2D eigenvalue weighted by atomic mass is 16.2. The van der Waals surface area contributed by atoms with Crippen molar-refractivity contribution >= 4 is 22.8 Å². The van der Waals surface area contributed by atoms with E-state index in [4.69, 9.17) is 0 Å². The first-order valence-corrected chi connectivity index (χ1v) is 10.9. The van der Waals surface area contributed by atoms with Crippen LogP contribution in [0.5, 0.6) is 0 Å². The summed E-state index contributed by atoms with van der Waals surface area (Å²) in [4.78, 5) is 29.2. The molecule has 8 heteroatoms. The Labute approximate surface area is 192 Å². The lowest BCUT2D eigenvalue weighted by Gasteiger charge is -2.29. The van der Waals surface area contributed by atoms with E-state index < -0.39 is 0 Å². The van der Waals surface area contributed by atoms with Crippen LogP contribution in [0.15, 0.2) is 66.9 Å². The van der Waals surface area contributed by atoms with E-state index in [2.05, 4.69) is 27.6 Å². The van der Waals surface area contributed by atoms with E-state index in [-0.39, 0.29) is 17.9 Å². The summed E-state index contributed by atoms with van der Waals surface area (Å²) in [6, 6.07) is 19.0. The smallest absolute Gasteiger partial charge is 0.267 e. The first-order valence-electron chi connectivity index (χ1n) is 10.9. The second-order valence-electron chi connectivity index (χ2n) is 8.17. The summed E-state index contributed by atoms with van der Waals surface area (Å²) >= 11 is 0. The van der Waals surface area contributed by atoms with Crippen molar-refractivity contribution in [2.75, 3.05) is 13.6 Å². The zero-order valence-electron chi connectivity index (χ0n) is 19.1. The van der Waals surface area contributed by atoms with Gasteiger partial charge < -0.3 is 14.8 Å². The van der Waals surface area contributed by atoms with Gasteiger partial charge in [0, 0.05) is 39.9 Å². The van der Waals surface area contributed by atoms with Crippen molar-refractivity contribution in [3.63, 3.8) is 0 Å². The standard InChI is InChI=1S/C25H28N6O2/c1-29-16-8-13-22(29)24(32)26-15-14-19(17-18-9-5-4-6-10-18)30(2)25(33)20-11-7-12-21-23(20)28-31(3)27-21/h4-13,16,19H,14-15,17H2,1-3H3,(H,26,32)/t19-/m1/s1. The predicted octanol–water partition coefficient (Wildman–Crippen LogP) is 2.81. The zero-order valence-corrected chi connectivity index (χ0v) is 19.1. The van der Waals surface area contributed by atoms with Crippen LogP contribution >= 0.6 is 0 Å². The van der Waals surface area contributed by atoms with Crippen LogP contribution in [0.1, 0.15) is 32.8 Å². The zero-order chi connectivity index (χ0) is 23.4. The molecule has 0 fully saturated rings. The number of aromatic nitrogens is 4. The number of hydrogen-bond acceptors (Lipinski definition) is 4. The number of nitrogens with zero attached hydrogens (tertiary/aromatic N) is 5. The maximum absolute atomic E-state index is 13.5. The van der Waals surface area contributed by atoms with Gasteiger partial charge in [0.1, 0.15) is 16.7 Å². The number of benzene rings is 2. The van der Waals surface area contributed by atoms with Gasteiger partial charge in [-0.1, -0.05) is 36.4 Å². The molecule has 1 atom stereocenters. The molecule has 0 saturated carbocycles. The summed E-state index contributed by atoms with van der Waals surface area (Å²) in [6.07, 6.45) is 3.13. The van der Waals surface area contributed by atoms with Gasteiger partial charge >= 0.3 is 0 Å². The minimum atomic E-state index is -0.126. The molecule has 0 unspecified atom stereocenters. The minimum absolute atomic E-state index is 0.111. The number of likely N-dealkylation sites (N-methyl/N-ethyl adjacent to an activating group) is 1. The number of carbonyl (C=O) groups excluding carboxylic acids is 2. The Balaban J connectivity index is 1.52. The van der Waals surface area contributed by atoms with Gasteiger partial charge in [-0.3, -0.25) is 9.59 Å². The molecule has 0 aliphatic heterocycles. The normalized spacial score (nSPS) is 12.0. The molecule has 0 spiro atoms. The third-order valence-corrected chi connectivity index (χ3v) is 5.86. The maximum atomic E-state index is 13.5. The molecule has 0 saturated heterocycles. The molecule has 0 radical (unpaired) electrons. The molecule has 0 bridgehead atoms. The summed E-state index contributed by atoms with van der Waals surface area (Å²) in [5, 5.41) is 11.7. The number of aryl methyl sites for hydroxylation is 2. The van der Waals surface area contributed by atoms with Crippen LogP contribution in [0.25, 0.3) is 11.0 Å². The molecule has 2 aromatic carbocycles. The van der Waals surface area contributed by atoms with Gasteiger partial charge in [-0.25, -0.2) is 0 Å². The molecule has 33 heavy (non-hydrogen) atoms. The van der Waals surface area contributed by atoms with Crippen molar-refractivity contribution in [2.45, 2.75) is 18.9 Å². The van der Waals surface area contributed by atoms with Gasteiger partial charge in [-0.05, 0) is 42.7 Å². The Morgan fingerprint density at radius 3 is 2.52 bits per heavy atom. The van der Waals surface area contributed by atoms with Crippen LogP contribution in [0.4, 0.5) is 0 Å². The first kappa shape index (κ1) is 22.3. The number of fused-ring (bicyclic) bond motifs is 1.